The molecule has 0 fully saturated rings. The molecule has 4 nitrogen and oxygen atoms in total. The van der Waals surface area contributed by atoms with E-state index in [4.69, 9.17) is 11.6 Å². The van der Waals surface area contributed by atoms with Crippen LogP contribution in [0.2, 0.25) is 5.02 Å². The summed E-state index contributed by atoms with van der Waals surface area (Å²) in [6, 6.07) is 11.7. The minimum absolute atomic E-state index is 0.0547. The molecule has 2 N–H and O–H groups in total. The molecule has 0 aliphatic heterocycles. The highest BCUT2D eigenvalue weighted by molar-refractivity contribution is 6.30. The minimum Gasteiger partial charge on any atom is -0.508 e. The molecule has 0 spiro atoms. The van der Waals surface area contributed by atoms with Gasteiger partial charge in [0.05, 0.1) is 0 Å². The van der Waals surface area contributed by atoms with Gasteiger partial charge < -0.3 is 10.4 Å². The third kappa shape index (κ3) is 6.40. The van der Waals surface area contributed by atoms with Crippen molar-refractivity contribution in [2.75, 3.05) is 0 Å². The highest BCUT2D eigenvalue weighted by Gasteiger charge is 2.20. The summed E-state index contributed by atoms with van der Waals surface area (Å²) in [6.45, 7) is 6.08. The van der Waals surface area contributed by atoms with E-state index in [2.05, 4.69) is 12.2 Å². The fraction of sp³-hybridized carbons (Fsp3) is 0.364. The Morgan fingerprint density at radius 2 is 1.85 bits per heavy atom. The summed E-state index contributed by atoms with van der Waals surface area (Å²) in [6.07, 6.45) is 2.15. The Labute approximate surface area is 165 Å². The highest BCUT2D eigenvalue weighted by Crippen LogP contribution is 2.22. The molecule has 0 aliphatic rings. The summed E-state index contributed by atoms with van der Waals surface area (Å²) < 4.78 is 0. The van der Waals surface area contributed by atoms with Crippen molar-refractivity contribution in [3.8, 4) is 5.75 Å². The van der Waals surface area contributed by atoms with Gasteiger partial charge in [-0.1, -0.05) is 37.1 Å². The zero-order valence-electron chi connectivity index (χ0n) is 16.0. The second-order valence-corrected chi connectivity index (χ2v) is 7.89. The number of rotatable bonds is 8. The zero-order valence-corrected chi connectivity index (χ0v) is 16.8. The summed E-state index contributed by atoms with van der Waals surface area (Å²) in [7, 11) is 0. The Hall–Kier alpha value is -2.33. The lowest BCUT2D eigenvalue weighted by Crippen LogP contribution is -2.43. The van der Waals surface area contributed by atoms with E-state index in [1.165, 1.54) is 6.07 Å². The quantitative estimate of drug-likeness (QED) is 0.689. The van der Waals surface area contributed by atoms with Crippen LogP contribution in [0.4, 0.5) is 0 Å². The van der Waals surface area contributed by atoms with Gasteiger partial charge in [-0.15, -0.1) is 0 Å². The molecule has 0 atom stereocenters. The van der Waals surface area contributed by atoms with E-state index in [0.29, 0.717) is 16.1 Å². The van der Waals surface area contributed by atoms with Crippen LogP contribution in [-0.4, -0.2) is 22.3 Å². The van der Waals surface area contributed by atoms with Crippen molar-refractivity contribution in [2.45, 2.75) is 52.0 Å². The maximum Gasteiger partial charge on any atom is 0.251 e. The Bertz CT molecular complexity index is 830. The number of phenolic OH excluding ortho intramolecular Hbond substituents is 1. The third-order valence-electron chi connectivity index (χ3n) is 4.35. The summed E-state index contributed by atoms with van der Waals surface area (Å²) in [5.74, 6) is -0.147. The Morgan fingerprint density at radius 1 is 1.11 bits per heavy atom. The van der Waals surface area contributed by atoms with Crippen molar-refractivity contribution in [2.24, 2.45) is 0 Å². The standard InChI is InChI=1S/C22H26ClNO3/c1-4-10-22(2,3)24-21(27)16-7-5-6-15(11-16)12-19(25)14-17-13-18(23)8-9-20(17)26/h5-9,11,13,26H,4,10,12,14H2,1-3H3,(H,24,27). The van der Waals surface area contributed by atoms with Gasteiger partial charge in [-0.2, -0.15) is 0 Å². The van der Waals surface area contributed by atoms with E-state index >= 15 is 0 Å². The summed E-state index contributed by atoms with van der Waals surface area (Å²) in [5, 5.41) is 13.4. The number of hydrogen-bond acceptors (Lipinski definition) is 3. The first-order chi connectivity index (χ1) is 12.7. The van der Waals surface area contributed by atoms with Gasteiger partial charge in [0, 0.05) is 34.5 Å². The van der Waals surface area contributed by atoms with Gasteiger partial charge in [0.1, 0.15) is 11.5 Å². The molecule has 2 aromatic rings. The molecule has 27 heavy (non-hydrogen) atoms. The number of ketones is 1. The SMILES string of the molecule is CCCC(C)(C)NC(=O)c1cccc(CC(=O)Cc2cc(Cl)ccc2O)c1. The normalized spacial score (nSPS) is 11.3. The molecule has 0 unspecified atom stereocenters. The molecule has 0 radical (unpaired) electrons. The highest BCUT2D eigenvalue weighted by atomic mass is 35.5. The number of amides is 1. The average Bonchev–Trinajstić information content (AvgIpc) is 2.57. The number of Topliss-reactive ketones (excluding diaryl/α,β-unsaturated/α-hetero) is 1. The van der Waals surface area contributed by atoms with Crippen LogP contribution in [0.15, 0.2) is 42.5 Å². The molecule has 2 aromatic carbocycles. The van der Waals surface area contributed by atoms with Gasteiger partial charge in [0.15, 0.2) is 0 Å². The summed E-state index contributed by atoms with van der Waals surface area (Å²) in [4.78, 5) is 24.9. The van der Waals surface area contributed by atoms with Crippen molar-refractivity contribution in [3.63, 3.8) is 0 Å². The smallest absolute Gasteiger partial charge is 0.251 e. The molecule has 0 heterocycles. The van der Waals surface area contributed by atoms with Crippen LogP contribution in [0, 0.1) is 0 Å². The van der Waals surface area contributed by atoms with Crippen LogP contribution >= 0.6 is 11.6 Å². The molecule has 0 bridgehead atoms. The van der Waals surface area contributed by atoms with Crippen LogP contribution in [0.5, 0.6) is 5.75 Å². The predicted octanol–water partition coefficient (Wildman–Crippen LogP) is 4.71. The molecular weight excluding hydrogens is 362 g/mol. The first kappa shape index (κ1) is 21.0. The van der Waals surface area contributed by atoms with Gasteiger partial charge in [-0.3, -0.25) is 9.59 Å². The summed E-state index contributed by atoms with van der Waals surface area (Å²) in [5.41, 5.74) is 1.53. The third-order valence-corrected chi connectivity index (χ3v) is 4.58. The van der Waals surface area contributed by atoms with Crippen molar-refractivity contribution in [1.29, 1.82) is 0 Å². The van der Waals surface area contributed by atoms with Gasteiger partial charge in [0.25, 0.3) is 5.91 Å². The lowest BCUT2D eigenvalue weighted by molar-refractivity contribution is -0.117. The Kier molecular flexibility index (Phi) is 7.03. The number of nitrogens with one attached hydrogen (secondary N) is 1. The average molecular weight is 388 g/mol. The topological polar surface area (TPSA) is 66.4 Å². The predicted molar refractivity (Wildman–Crippen MR) is 108 cm³/mol. The van der Waals surface area contributed by atoms with E-state index in [0.717, 1.165) is 18.4 Å². The van der Waals surface area contributed by atoms with E-state index in [1.54, 1.807) is 30.3 Å². The lowest BCUT2D eigenvalue weighted by atomic mass is 9.97. The number of aromatic hydroxyl groups is 1. The molecule has 1 amide bonds. The molecule has 0 saturated carbocycles. The second kappa shape index (κ2) is 9.05. The number of benzene rings is 2. The molecule has 5 heteroatoms. The minimum atomic E-state index is -0.276. The monoisotopic (exact) mass is 387 g/mol. The van der Waals surface area contributed by atoms with Crippen molar-refractivity contribution in [3.05, 3.63) is 64.2 Å². The lowest BCUT2D eigenvalue weighted by Gasteiger charge is -2.25. The fourth-order valence-corrected chi connectivity index (χ4v) is 3.28. The van der Waals surface area contributed by atoms with Crippen LogP contribution < -0.4 is 5.32 Å². The second-order valence-electron chi connectivity index (χ2n) is 7.45. The first-order valence-electron chi connectivity index (χ1n) is 9.11. The van der Waals surface area contributed by atoms with E-state index in [9.17, 15) is 14.7 Å². The molecule has 0 aliphatic carbocycles. The molecule has 144 valence electrons. The number of hydrogen-bond donors (Lipinski definition) is 2. The van der Waals surface area contributed by atoms with Gasteiger partial charge in [0.2, 0.25) is 0 Å². The molecule has 2 rings (SSSR count). The Balaban J connectivity index is 2.05. The van der Waals surface area contributed by atoms with E-state index in [1.807, 2.05) is 19.9 Å². The van der Waals surface area contributed by atoms with Crippen LogP contribution in [0.3, 0.4) is 0 Å². The maximum atomic E-state index is 12.5. The largest absolute Gasteiger partial charge is 0.508 e. The molecule has 0 aromatic heterocycles. The number of phenols is 1. The number of carbonyl (C=O) groups excluding carboxylic acids is 2. The first-order valence-corrected chi connectivity index (χ1v) is 9.48. The van der Waals surface area contributed by atoms with Crippen molar-refractivity contribution in [1.82, 2.24) is 5.32 Å². The zero-order chi connectivity index (χ0) is 20.0. The maximum absolute atomic E-state index is 12.5. The van der Waals surface area contributed by atoms with Gasteiger partial charge in [-0.05, 0) is 56.2 Å². The van der Waals surface area contributed by atoms with E-state index in [-0.39, 0.29) is 35.8 Å². The van der Waals surface area contributed by atoms with Crippen LogP contribution in [0.1, 0.15) is 55.1 Å². The van der Waals surface area contributed by atoms with Crippen LogP contribution in [0.25, 0.3) is 0 Å². The Morgan fingerprint density at radius 3 is 2.56 bits per heavy atom. The molecule has 0 saturated heterocycles. The number of halogens is 1. The van der Waals surface area contributed by atoms with Gasteiger partial charge in [-0.25, -0.2) is 0 Å². The van der Waals surface area contributed by atoms with Crippen LogP contribution in [-0.2, 0) is 17.6 Å². The molecular formula is C22H26ClNO3. The fourth-order valence-electron chi connectivity index (χ4n) is 3.09. The summed E-state index contributed by atoms with van der Waals surface area (Å²) >= 11 is 5.92. The van der Waals surface area contributed by atoms with E-state index < -0.39 is 0 Å². The van der Waals surface area contributed by atoms with Gasteiger partial charge >= 0.3 is 0 Å². The van der Waals surface area contributed by atoms with Crippen molar-refractivity contribution < 1.29 is 14.7 Å². The number of carbonyl (C=O) groups is 2. The van der Waals surface area contributed by atoms with Crippen molar-refractivity contribution >= 4 is 23.3 Å².